The Bertz CT molecular complexity index is 1200. The maximum absolute atomic E-state index is 13.2. The first-order valence-corrected chi connectivity index (χ1v) is 25.9. The van der Waals surface area contributed by atoms with Gasteiger partial charge in [0.15, 0.2) is 0 Å². The van der Waals surface area contributed by atoms with Crippen LogP contribution in [0.2, 0.25) is 0 Å². The van der Waals surface area contributed by atoms with E-state index in [0.29, 0.717) is 19.3 Å². The van der Waals surface area contributed by atoms with Crippen LogP contribution in [0.15, 0.2) is 85.1 Å². The molecule has 3 N–H and O–H groups in total. The van der Waals surface area contributed by atoms with E-state index >= 15 is 0 Å². The SMILES string of the molecule is CC/C=C/C=C/C=C/C=C\CCCCCC(CC(=O)NC(CO)C(O)CCCCCCCCCCCCCCCC)OC(=O)CCCCCCCC/C=C/C/C=C/C/C=C/CC. The summed E-state index contributed by atoms with van der Waals surface area (Å²) in [5, 5.41) is 23.8. The van der Waals surface area contributed by atoms with Gasteiger partial charge in [-0.15, -0.1) is 0 Å². The van der Waals surface area contributed by atoms with Crippen LogP contribution < -0.4 is 5.32 Å². The van der Waals surface area contributed by atoms with E-state index in [1.165, 1.54) is 89.9 Å². The van der Waals surface area contributed by atoms with E-state index in [-0.39, 0.29) is 24.9 Å². The van der Waals surface area contributed by atoms with Gasteiger partial charge in [-0.1, -0.05) is 228 Å². The van der Waals surface area contributed by atoms with Gasteiger partial charge in [-0.3, -0.25) is 9.59 Å². The molecule has 6 nitrogen and oxygen atoms in total. The van der Waals surface area contributed by atoms with Crippen molar-refractivity contribution in [1.82, 2.24) is 5.32 Å². The quantitative estimate of drug-likeness (QED) is 0.0245. The monoisotopic (exact) mass is 864 g/mol. The smallest absolute Gasteiger partial charge is 0.306 e. The number of allylic oxidation sites excluding steroid dienone is 14. The molecule has 3 atom stereocenters. The highest BCUT2D eigenvalue weighted by Gasteiger charge is 2.24. The summed E-state index contributed by atoms with van der Waals surface area (Å²) in [6.07, 6.45) is 63.5. The molecule has 0 aromatic heterocycles. The molecule has 0 spiro atoms. The van der Waals surface area contributed by atoms with Crippen LogP contribution in [0, 0.1) is 0 Å². The van der Waals surface area contributed by atoms with Gasteiger partial charge >= 0.3 is 5.97 Å². The molecule has 0 aromatic carbocycles. The lowest BCUT2D eigenvalue weighted by Gasteiger charge is -2.24. The number of hydrogen-bond donors (Lipinski definition) is 3. The molecule has 0 heterocycles. The van der Waals surface area contributed by atoms with Gasteiger partial charge in [0.1, 0.15) is 6.10 Å². The number of ether oxygens (including phenoxy) is 1. The Kier molecular flexibility index (Phi) is 46.7. The minimum Gasteiger partial charge on any atom is -0.462 e. The van der Waals surface area contributed by atoms with E-state index in [4.69, 9.17) is 4.74 Å². The van der Waals surface area contributed by atoms with Gasteiger partial charge in [0, 0.05) is 6.42 Å². The Morgan fingerprint density at radius 1 is 0.500 bits per heavy atom. The molecular weight excluding hydrogens is 767 g/mol. The highest BCUT2D eigenvalue weighted by molar-refractivity contribution is 5.77. The van der Waals surface area contributed by atoms with E-state index in [0.717, 1.165) is 96.3 Å². The fourth-order valence-electron chi connectivity index (χ4n) is 7.45. The number of carbonyl (C=O) groups is 2. The van der Waals surface area contributed by atoms with Crippen molar-refractivity contribution >= 4 is 11.9 Å². The normalized spacial score (nSPS) is 14.0. The first-order valence-electron chi connectivity index (χ1n) is 25.9. The molecule has 1 amide bonds. The standard InChI is InChI=1S/C56H97NO5/c1-4-7-10-13-16-19-22-25-27-28-31-34-37-40-43-46-49-56(61)62-52(47-44-41-38-35-32-29-24-21-18-15-12-9-6-3)50-55(60)57-53(51-58)54(59)48-45-42-39-36-33-30-26-23-20-17-14-11-8-5-2/h7,9-10,12,15-16,18-19,21,24-25,27,29,32,52-54,58-59H,4-6,8,11,13-14,17,20,22-23,26,28,30-31,33-51H2,1-3H3,(H,57,60)/b10-7+,12-9+,18-15+,19-16+,24-21+,27-25+,32-29-. The molecule has 0 aliphatic rings. The molecule has 0 aliphatic heterocycles. The molecule has 0 rings (SSSR count). The number of carbonyl (C=O) groups excluding carboxylic acids is 2. The molecule has 0 radical (unpaired) electrons. The molecule has 0 aliphatic carbocycles. The lowest BCUT2D eigenvalue weighted by atomic mass is 10.0. The number of aliphatic hydroxyl groups is 2. The Labute approximate surface area is 383 Å². The summed E-state index contributed by atoms with van der Waals surface area (Å²) in [5.41, 5.74) is 0. The lowest BCUT2D eigenvalue weighted by Crippen LogP contribution is -2.46. The molecule has 3 unspecified atom stereocenters. The molecule has 0 fully saturated rings. The van der Waals surface area contributed by atoms with Crippen molar-refractivity contribution in [2.75, 3.05) is 6.61 Å². The topological polar surface area (TPSA) is 95.9 Å². The molecule has 6 heteroatoms. The molecule has 62 heavy (non-hydrogen) atoms. The molecule has 356 valence electrons. The van der Waals surface area contributed by atoms with Gasteiger partial charge in [-0.05, 0) is 77.0 Å². The summed E-state index contributed by atoms with van der Waals surface area (Å²) in [4.78, 5) is 26.1. The van der Waals surface area contributed by atoms with E-state index in [1.807, 2.05) is 24.3 Å². The van der Waals surface area contributed by atoms with Gasteiger partial charge in [-0.25, -0.2) is 0 Å². The van der Waals surface area contributed by atoms with Crippen molar-refractivity contribution in [3.05, 3.63) is 85.1 Å². The number of amides is 1. The van der Waals surface area contributed by atoms with Gasteiger partial charge in [0.05, 0.1) is 25.2 Å². The average molecular weight is 864 g/mol. The van der Waals surface area contributed by atoms with E-state index in [2.05, 4.69) is 86.8 Å². The average Bonchev–Trinajstić information content (AvgIpc) is 3.26. The number of rotatable bonds is 45. The van der Waals surface area contributed by atoms with Crippen molar-refractivity contribution in [1.29, 1.82) is 0 Å². The summed E-state index contributed by atoms with van der Waals surface area (Å²) in [6, 6.07) is -0.721. The molecule has 0 saturated carbocycles. The van der Waals surface area contributed by atoms with E-state index < -0.39 is 18.2 Å². The van der Waals surface area contributed by atoms with Crippen LogP contribution in [0.1, 0.15) is 233 Å². The van der Waals surface area contributed by atoms with Crippen LogP contribution in [-0.4, -0.2) is 46.9 Å². The highest BCUT2D eigenvalue weighted by atomic mass is 16.5. The molecule has 0 aromatic rings. The zero-order chi connectivity index (χ0) is 45.2. The number of hydrogen-bond acceptors (Lipinski definition) is 5. The Balaban J connectivity index is 4.64. The summed E-state index contributed by atoms with van der Waals surface area (Å²) >= 11 is 0. The second-order valence-corrected chi connectivity index (χ2v) is 17.3. The lowest BCUT2D eigenvalue weighted by molar-refractivity contribution is -0.151. The van der Waals surface area contributed by atoms with Crippen LogP contribution in [0.3, 0.4) is 0 Å². The van der Waals surface area contributed by atoms with Gasteiger partial charge < -0.3 is 20.3 Å². The van der Waals surface area contributed by atoms with Crippen LogP contribution in [0.25, 0.3) is 0 Å². The van der Waals surface area contributed by atoms with Gasteiger partial charge in [0.25, 0.3) is 0 Å². The second kappa shape index (κ2) is 49.1. The van der Waals surface area contributed by atoms with Crippen LogP contribution in [0.4, 0.5) is 0 Å². The van der Waals surface area contributed by atoms with Gasteiger partial charge in [0.2, 0.25) is 5.91 Å². The number of nitrogens with one attached hydrogen (secondary N) is 1. The maximum Gasteiger partial charge on any atom is 0.306 e. The van der Waals surface area contributed by atoms with E-state index in [9.17, 15) is 19.8 Å². The molecule has 0 bridgehead atoms. The zero-order valence-corrected chi connectivity index (χ0v) is 40.5. The zero-order valence-electron chi connectivity index (χ0n) is 40.5. The predicted octanol–water partition coefficient (Wildman–Crippen LogP) is 15.6. The fourth-order valence-corrected chi connectivity index (χ4v) is 7.45. The molecule has 0 saturated heterocycles. The van der Waals surface area contributed by atoms with Gasteiger partial charge in [-0.2, -0.15) is 0 Å². The minimum absolute atomic E-state index is 0.0422. The van der Waals surface area contributed by atoms with Crippen molar-refractivity contribution in [2.45, 2.75) is 251 Å². The third-order valence-electron chi connectivity index (χ3n) is 11.3. The van der Waals surface area contributed by atoms with Crippen molar-refractivity contribution in [3.8, 4) is 0 Å². The highest BCUT2D eigenvalue weighted by Crippen LogP contribution is 2.17. The second-order valence-electron chi connectivity index (χ2n) is 17.3. The van der Waals surface area contributed by atoms with Crippen molar-refractivity contribution in [2.24, 2.45) is 0 Å². The summed E-state index contributed by atoms with van der Waals surface area (Å²) < 4.78 is 5.91. The first kappa shape index (κ1) is 59.0. The summed E-state index contributed by atoms with van der Waals surface area (Å²) in [7, 11) is 0. The van der Waals surface area contributed by atoms with Crippen LogP contribution in [0.5, 0.6) is 0 Å². The number of esters is 1. The first-order chi connectivity index (χ1) is 30.5. The fraction of sp³-hybridized carbons (Fsp3) is 0.714. The largest absolute Gasteiger partial charge is 0.462 e. The van der Waals surface area contributed by atoms with Crippen molar-refractivity contribution in [3.63, 3.8) is 0 Å². The number of aliphatic hydroxyl groups excluding tert-OH is 2. The third-order valence-corrected chi connectivity index (χ3v) is 11.3. The maximum atomic E-state index is 13.2. The summed E-state index contributed by atoms with van der Waals surface area (Å²) in [5.74, 6) is -0.532. The number of unbranched alkanes of at least 4 members (excludes halogenated alkanes) is 22. The van der Waals surface area contributed by atoms with E-state index in [1.54, 1.807) is 0 Å². The van der Waals surface area contributed by atoms with Crippen molar-refractivity contribution < 1.29 is 24.5 Å². The third kappa shape index (κ3) is 43.7. The van der Waals surface area contributed by atoms with Crippen LogP contribution in [-0.2, 0) is 14.3 Å². The Hall–Kier alpha value is -2.96. The molecular formula is C56H97NO5. The Morgan fingerprint density at radius 2 is 0.952 bits per heavy atom. The predicted molar refractivity (Wildman–Crippen MR) is 268 cm³/mol. The summed E-state index contributed by atoms with van der Waals surface area (Å²) in [6.45, 7) is 6.22. The van der Waals surface area contributed by atoms with Crippen LogP contribution >= 0.6 is 0 Å². The minimum atomic E-state index is -0.805. The Morgan fingerprint density at radius 3 is 1.53 bits per heavy atom.